The molecule has 0 aromatic carbocycles. The Balaban J connectivity index is 2.56. The number of hydrogen-bond acceptors (Lipinski definition) is 3. The van der Waals surface area contributed by atoms with Crippen LogP contribution in [0, 0.1) is 0 Å². The minimum atomic E-state index is -0.0333. The van der Waals surface area contributed by atoms with Crippen molar-refractivity contribution >= 4 is 5.91 Å². The van der Waals surface area contributed by atoms with Crippen LogP contribution in [-0.4, -0.2) is 28.4 Å². The lowest BCUT2D eigenvalue weighted by Gasteiger charge is -2.22. The summed E-state index contributed by atoms with van der Waals surface area (Å²) >= 11 is 0. The highest BCUT2D eigenvalue weighted by Crippen LogP contribution is 2.06. The quantitative estimate of drug-likeness (QED) is 0.814. The maximum Gasteiger partial charge on any atom is 0.224 e. The number of nitrogens with zero attached hydrogens (tertiary/aromatic N) is 2. The molecule has 1 amide bonds. The first kappa shape index (κ1) is 13.6. The van der Waals surface area contributed by atoms with Gasteiger partial charge in [-0.05, 0) is 31.0 Å². The van der Waals surface area contributed by atoms with E-state index in [4.69, 9.17) is 5.73 Å². The summed E-state index contributed by atoms with van der Waals surface area (Å²) in [7, 11) is 0. The first-order valence-corrected chi connectivity index (χ1v) is 6.09. The van der Waals surface area contributed by atoms with E-state index in [1.54, 1.807) is 12.4 Å². The third-order valence-electron chi connectivity index (χ3n) is 2.82. The van der Waals surface area contributed by atoms with Gasteiger partial charge in [0.2, 0.25) is 5.91 Å². The van der Waals surface area contributed by atoms with E-state index in [2.05, 4.69) is 4.98 Å². The molecule has 0 fully saturated rings. The van der Waals surface area contributed by atoms with Crippen molar-refractivity contribution in [3.05, 3.63) is 30.1 Å². The lowest BCUT2D eigenvalue weighted by atomic mass is 10.1. The third kappa shape index (κ3) is 4.53. The van der Waals surface area contributed by atoms with Gasteiger partial charge in [0.1, 0.15) is 0 Å². The molecule has 1 rings (SSSR count). The normalized spacial score (nSPS) is 12.2. The fraction of sp³-hybridized carbons (Fsp3) is 0.538. The lowest BCUT2D eigenvalue weighted by Crippen LogP contribution is -2.35. The summed E-state index contributed by atoms with van der Waals surface area (Å²) in [6, 6.07) is 3.82. The van der Waals surface area contributed by atoms with Crippen molar-refractivity contribution in [2.45, 2.75) is 39.3 Å². The van der Waals surface area contributed by atoms with Gasteiger partial charge in [0.05, 0.1) is 0 Å². The third-order valence-corrected chi connectivity index (χ3v) is 2.82. The molecular weight excluding hydrogens is 214 g/mol. The number of rotatable bonds is 6. The van der Waals surface area contributed by atoms with E-state index in [9.17, 15) is 4.79 Å². The smallest absolute Gasteiger partial charge is 0.224 e. The molecule has 0 radical (unpaired) electrons. The molecule has 94 valence electrons. The van der Waals surface area contributed by atoms with E-state index < -0.39 is 0 Å². The highest BCUT2D eigenvalue weighted by molar-refractivity contribution is 5.76. The SMILES string of the molecule is CCC(N)CC(=O)N(CC)Cc1ccncc1. The fourth-order valence-corrected chi connectivity index (χ4v) is 1.58. The second-order valence-electron chi connectivity index (χ2n) is 4.14. The molecule has 17 heavy (non-hydrogen) atoms. The van der Waals surface area contributed by atoms with Crippen molar-refractivity contribution in [3.63, 3.8) is 0 Å². The average molecular weight is 235 g/mol. The first-order valence-electron chi connectivity index (χ1n) is 6.09. The van der Waals surface area contributed by atoms with Gasteiger partial charge in [-0.15, -0.1) is 0 Å². The summed E-state index contributed by atoms with van der Waals surface area (Å²) in [4.78, 5) is 17.8. The molecule has 1 atom stereocenters. The molecule has 0 saturated heterocycles. The van der Waals surface area contributed by atoms with Gasteiger partial charge in [0.15, 0.2) is 0 Å². The predicted molar refractivity (Wildman–Crippen MR) is 68.2 cm³/mol. The van der Waals surface area contributed by atoms with Crippen LogP contribution in [0.25, 0.3) is 0 Å². The first-order chi connectivity index (χ1) is 8.17. The van der Waals surface area contributed by atoms with Crippen molar-refractivity contribution in [1.82, 2.24) is 9.88 Å². The molecular formula is C13H21N3O. The standard InChI is InChI=1S/C13H21N3O/c1-3-12(14)9-13(17)16(4-2)10-11-5-7-15-8-6-11/h5-8,12H,3-4,9-10,14H2,1-2H3. The van der Waals surface area contributed by atoms with Crippen LogP contribution in [0.1, 0.15) is 32.3 Å². The van der Waals surface area contributed by atoms with Crippen molar-refractivity contribution in [2.75, 3.05) is 6.54 Å². The van der Waals surface area contributed by atoms with E-state index in [1.165, 1.54) is 0 Å². The zero-order chi connectivity index (χ0) is 12.7. The van der Waals surface area contributed by atoms with Crippen LogP contribution in [0.3, 0.4) is 0 Å². The topological polar surface area (TPSA) is 59.2 Å². The van der Waals surface area contributed by atoms with Crippen molar-refractivity contribution in [2.24, 2.45) is 5.73 Å². The summed E-state index contributed by atoms with van der Waals surface area (Å²) in [5.41, 5.74) is 6.90. The highest BCUT2D eigenvalue weighted by Gasteiger charge is 2.14. The van der Waals surface area contributed by atoms with E-state index in [-0.39, 0.29) is 11.9 Å². The number of carbonyl (C=O) groups excluding carboxylic acids is 1. The molecule has 0 saturated carbocycles. The monoisotopic (exact) mass is 235 g/mol. The maximum atomic E-state index is 12.0. The Morgan fingerprint density at radius 1 is 1.41 bits per heavy atom. The fourth-order valence-electron chi connectivity index (χ4n) is 1.58. The zero-order valence-electron chi connectivity index (χ0n) is 10.6. The number of carbonyl (C=O) groups is 1. The summed E-state index contributed by atoms with van der Waals surface area (Å²) in [6.45, 7) is 5.32. The molecule has 1 heterocycles. The largest absolute Gasteiger partial charge is 0.339 e. The van der Waals surface area contributed by atoms with E-state index >= 15 is 0 Å². The van der Waals surface area contributed by atoms with E-state index in [0.29, 0.717) is 19.5 Å². The molecule has 2 N–H and O–H groups in total. The molecule has 0 spiro atoms. The zero-order valence-corrected chi connectivity index (χ0v) is 10.6. The molecule has 0 aliphatic carbocycles. The molecule has 0 aliphatic rings. The minimum Gasteiger partial charge on any atom is -0.339 e. The molecule has 0 bridgehead atoms. The van der Waals surface area contributed by atoms with Crippen molar-refractivity contribution in [3.8, 4) is 0 Å². The Kier molecular flexibility index (Phi) is 5.63. The van der Waals surface area contributed by atoms with Crippen LogP contribution in [0.15, 0.2) is 24.5 Å². The summed E-state index contributed by atoms with van der Waals surface area (Å²) in [6.07, 6.45) is 4.74. The van der Waals surface area contributed by atoms with Crippen LogP contribution >= 0.6 is 0 Å². The molecule has 1 aromatic heterocycles. The highest BCUT2D eigenvalue weighted by atomic mass is 16.2. The summed E-state index contributed by atoms with van der Waals surface area (Å²) in [5, 5.41) is 0. The van der Waals surface area contributed by atoms with Gasteiger partial charge >= 0.3 is 0 Å². The average Bonchev–Trinajstić information content (AvgIpc) is 2.36. The molecule has 1 unspecified atom stereocenters. The van der Waals surface area contributed by atoms with Gasteiger partial charge in [-0.25, -0.2) is 0 Å². The van der Waals surface area contributed by atoms with Gasteiger partial charge < -0.3 is 10.6 Å². The Morgan fingerprint density at radius 3 is 2.59 bits per heavy atom. The van der Waals surface area contributed by atoms with E-state index in [0.717, 1.165) is 12.0 Å². The Morgan fingerprint density at radius 2 is 2.06 bits per heavy atom. The molecule has 1 aromatic rings. The number of pyridine rings is 1. The van der Waals surface area contributed by atoms with Crippen LogP contribution < -0.4 is 5.73 Å². The number of nitrogens with two attached hydrogens (primary N) is 1. The second kappa shape index (κ2) is 7.01. The lowest BCUT2D eigenvalue weighted by molar-refractivity contribution is -0.132. The Bertz CT molecular complexity index is 340. The maximum absolute atomic E-state index is 12.0. The van der Waals surface area contributed by atoms with Crippen LogP contribution in [0.4, 0.5) is 0 Å². The predicted octanol–water partition coefficient (Wildman–Crippen LogP) is 1.56. The summed E-state index contributed by atoms with van der Waals surface area (Å²) in [5.74, 6) is 0.124. The minimum absolute atomic E-state index is 0.0333. The summed E-state index contributed by atoms with van der Waals surface area (Å²) < 4.78 is 0. The van der Waals surface area contributed by atoms with E-state index in [1.807, 2.05) is 30.9 Å². The second-order valence-corrected chi connectivity index (χ2v) is 4.14. The van der Waals surface area contributed by atoms with Crippen molar-refractivity contribution < 1.29 is 4.79 Å². The Labute approximate surface area is 103 Å². The van der Waals surface area contributed by atoms with Gasteiger partial charge in [-0.3, -0.25) is 9.78 Å². The number of amides is 1. The van der Waals surface area contributed by atoms with Crippen LogP contribution in [0.5, 0.6) is 0 Å². The molecule has 0 aliphatic heterocycles. The van der Waals surface area contributed by atoms with Gasteiger partial charge in [-0.1, -0.05) is 6.92 Å². The Hall–Kier alpha value is -1.42. The molecule has 4 heteroatoms. The number of aromatic nitrogens is 1. The van der Waals surface area contributed by atoms with Gasteiger partial charge in [0.25, 0.3) is 0 Å². The van der Waals surface area contributed by atoms with Crippen LogP contribution in [0.2, 0.25) is 0 Å². The van der Waals surface area contributed by atoms with Gasteiger partial charge in [0, 0.05) is 37.9 Å². The van der Waals surface area contributed by atoms with Crippen molar-refractivity contribution in [1.29, 1.82) is 0 Å². The molecule has 4 nitrogen and oxygen atoms in total. The number of hydrogen-bond donors (Lipinski definition) is 1. The van der Waals surface area contributed by atoms with Crippen LogP contribution in [-0.2, 0) is 11.3 Å². The van der Waals surface area contributed by atoms with Gasteiger partial charge in [-0.2, -0.15) is 0 Å².